The molecule has 272 valence electrons. The molecule has 5 rings (SSSR count). The monoisotopic (exact) mass is 810 g/mol. The molecule has 0 spiro atoms. The van der Waals surface area contributed by atoms with Crippen LogP contribution in [0.2, 0.25) is 0 Å². The van der Waals surface area contributed by atoms with Crippen molar-refractivity contribution >= 4 is 45.8 Å². The average molecular weight is 811 g/mol. The van der Waals surface area contributed by atoms with Crippen molar-refractivity contribution in [1.29, 1.82) is 0 Å². The number of benzene rings is 2. The van der Waals surface area contributed by atoms with Crippen LogP contribution in [0.25, 0.3) is 0 Å². The van der Waals surface area contributed by atoms with Gasteiger partial charge in [-0.1, -0.05) is 41.6 Å². The summed E-state index contributed by atoms with van der Waals surface area (Å²) in [6.07, 6.45) is -2.67. The molecule has 1 heterocycles. The number of carbonyl (C=O) groups is 3. The Balaban J connectivity index is 1.56. The number of methoxy groups -OCH3 is 1. The second-order valence-corrected chi connectivity index (χ2v) is 14.4. The van der Waals surface area contributed by atoms with Crippen molar-refractivity contribution in [3.8, 4) is 17.2 Å². The molecule has 15 heteroatoms. The number of phenolic OH excluding ortho intramolecular Hbond substituents is 2. The molecule has 2 aromatic carbocycles. The lowest BCUT2D eigenvalue weighted by Crippen LogP contribution is -2.51. The van der Waals surface area contributed by atoms with E-state index in [0.717, 1.165) is 6.42 Å². The van der Waals surface area contributed by atoms with Gasteiger partial charge in [0.2, 0.25) is 11.7 Å². The summed E-state index contributed by atoms with van der Waals surface area (Å²) >= 11 is 2.26. The Bertz CT molecular complexity index is 1670. The number of halogens is 1. The van der Waals surface area contributed by atoms with Crippen molar-refractivity contribution in [2.45, 2.75) is 93.6 Å². The van der Waals surface area contributed by atoms with E-state index in [-0.39, 0.29) is 56.3 Å². The minimum Gasteiger partial charge on any atom is -0.507 e. The third kappa shape index (κ3) is 7.26. The van der Waals surface area contributed by atoms with Gasteiger partial charge in [-0.25, -0.2) is 5.43 Å². The van der Waals surface area contributed by atoms with Crippen molar-refractivity contribution in [3.63, 3.8) is 0 Å². The summed E-state index contributed by atoms with van der Waals surface area (Å²) in [7, 11) is 1.35. The van der Waals surface area contributed by atoms with E-state index in [9.17, 15) is 34.8 Å². The van der Waals surface area contributed by atoms with Crippen LogP contribution in [0.4, 0.5) is 0 Å². The van der Waals surface area contributed by atoms with Crippen molar-refractivity contribution in [1.82, 2.24) is 5.43 Å². The molecule has 0 unspecified atom stereocenters. The number of carbonyl (C=O) groups excluding carboxylic acids is 3. The zero-order valence-corrected chi connectivity index (χ0v) is 30.7. The SMILES string of the molecule is CCCOC[C@H](C)O[C@@H]1[C@H](C)O[C@@H](O[C@H]2C[C@](O)(/C(CO)=N/NC(C)=O)Cc3c(O)c4c(c(O)c32)C(=O)c2c(OC)cccc2C4=O)C[C@@H]1I. The number of aromatic hydroxyl groups is 2. The van der Waals surface area contributed by atoms with Gasteiger partial charge < -0.3 is 44.1 Å². The second kappa shape index (κ2) is 15.6. The number of hydrogen-bond donors (Lipinski definition) is 5. The Labute approximate surface area is 303 Å². The smallest absolute Gasteiger partial charge is 0.236 e. The first kappa shape index (κ1) is 38.1. The summed E-state index contributed by atoms with van der Waals surface area (Å²) in [4.78, 5) is 39.5. The van der Waals surface area contributed by atoms with Gasteiger partial charge in [-0.3, -0.25) is 14.4 Å². The number of alkyl halides is 1. The quantitative estimate of drug-likeness (QED) is 0.0447. The Kier molecular flexibility index (Phi) is 11.9. The van der Waals surface area contributed by atoms with E-state index in [2.05, 4.69) is 33.1 Å². The fourth-order valence-corrected chi connectivity index (χ4v) is 8.01. The van der Waals surface area contributed by atoms with Crippen LogP contribution in [0, 0.1) is 0 Å². The molecular formula is C35H43IN2O12. The number of fused-ring (bicyclic) bond motifs is 3. The highest BCUT2D eigenvalue weighted by Gasteiger charge is 2.50. The molecule has 2 aromatic rings. The number of ketones is 2. The molecule has 14 nitrogen and oxygen atoms in total. The standard InChI is InChI=1S/C35H43IN2O12/c1-6-10-47-15-16(2)48-34-17(3)49-25(11-21(34)36)50-23-13-35(45,24(14-39)38-37-18(4)40)12-20-27(23)33(44)29-28(31(20)42)30(41)19-8-7-9-22(46-5)26(19)32(29)43/h7-9,16-17,21,23,25,34,39,42,44-45H,6,10-15H2,1-5H3,(H,37,40)/b38-24+/t16-,17-,21-,23-,25-,34+,35-/m0/s1. The Morgan fingerprint density at radius 2 is 1.90 bits per heavy atom. The van der Waals surface area contributed by atoms with Crippen LogP contribution in [0.1, 0.15) is 96.0 Å². The first-order valence-electron chi connectivity index (χ1n) is 16.5. The third-order valence-electron chi connectivity index (χ3n) is 9.12. The highest BCUT2D eigenvalue weighted by atomic mass is 127. The van der Waals surface area contributed by atoms with E-state index >= 15 is 0 Å². The molecule has 3 aliphatic rings. The number of aliphatic hydroxyl groups is 2. The number of ether oxygens (including phenoxy) is 5. The summed E-state index contributed by atoms with van der Waals surface area (Å²) in [6.45, 7) is 7.26. The third-order valence-corrected chi connectivity index (χ3v) is 10.3. The normalized spacial score (nSPS) is 26.9. The number of rotatable bonds is 12. The summed E-state index contributed by atoms with van der Waals surface area (Å²) in [6, 6.07) is 4.46. The van der Waals surface area contributed by atoms with Crippen LogP contribution in [0.15, 0.2) is 23.3 Å². The molecule has 2 aliphatic carbocycles. The lowest BCUT2D eigenvalue weighted by atomic mass is 9.71. The number of nitrogens with zero attached hydrogens (tertiary/aromatic N) is 1. The van der Waals surface area contributed by atoms with Crippen LogP contribution < -0.4 is 10.2 Å². The molecule has 1 fully saturated rings. The zero-order valence-electron chi connectivity index (χ0n) is 28.5. The van der Waals surface area contributed by atoms with Crippen molar-refractivity contribution in [2.24, 2.45) is 5.10 Å². The molecular weight excluding hydrogens is 767 g/mol. The van der Waals surface area contributed by atoms with E-state index in [1.165, 1.54) is 32.2 Å². The summed E-state index contributed by atoms with van der Waals surface area (Å²) < 4.78 is 29.9. The Hall–Kier alpha value is -3.19. The maximum absolute atomic E-state index is 14.0. The summed E-state index contributed by atoms with van der Waals surface area (Å²) in [5.74, 6) is -3.15. The van der Waals surface area contributed by atoms with Crippen LogP contribution in [-0.4, -0.2) is 105 Å². The maximum Gasteiger partial charge on any atom is 0.236 e. The Morgan fingerprint density at radius 1 is 1.18 bits per heavy atom. The van der Waals surface area contributed by atoms with Gasteiger partial charge in [0.05, 0.1) is 67.1 Å². The number of amides is 1. The molecule has 0 radical (unpaired) electrons. The fraction of sp³-hybridized carbons (Fsp3) is 0.543. The van der Waals surface area contributed by atoms with Gasteiger partial charge in [-0.05, 0) is 26.3 Å². The number of aliphatic hydroxyl groups excluding tert-OH is 1. The van der Waals surface area contributed by atoms with E-state index in [1.807, 2.05) is 20.8 Å². The van der Waals surface area contributed by atoms with Crippen molar-refractivity contribution in [3.05, 3.63) is 51.6 Å². The molecule has 5 N–H and O–H groups in total. The van der Waals surface area contributed by atoms with Gasteiger partial charge >= 0.3 is 0 Å². The second-order valence-electron chi connectivity index (χ2n) is 12.8. The topological polar surface area (TPSA) is 203 Å². The first-order valence-corrected chi connectivity index (χ1v) is 17.7. The lowest BCUT2D eigenvalue weighted by molar-refractivity contribution is -0.249. The number of nitrogens with one attached hydrogen (secondary N) is 1. The largest absolute Gasteiger partial charge is 0.507 e. The average Bonchev–Trinajstić information content (AvgIpc) is 3.06. The predicted octanol–water partition coefficient (Wildman–Crippen LogP) is 3.24. The Morgan fingerprint density at radius 3 is 2.54 bits per heavy atom. The van der Waals surface area contributed by atoms with Crippen LogP contribution in [-0.2, 0) is 30.2 Å². The van der Waals surface area contributed by atoms with E-state index in [0.29, 0.717) is 19.6 Å². The van der Waals surface area contributed by atoms with Gasteiger partial charge in [0.15, 0.2) is 12.1 Å². The van der Waals surface area contributed by atoms with Gasteiger partial charge in [-0.15, -0.1) is 0 Å². The van der Waals surface area contributed by atoms with Crippen LogP contribution in [0.3, 0.4) is 0 Å². The molecule has 7 atom stereocenters. The highest BCUT2D eigenvalue weighted by molar-refractivity contribution is 14.1. The summed E-state index contributed by atoms with van der Waals surface area (Å²) in [5, 5.41) is 49.8. The molecule has 1 saturated heterocycles. The lowest BCUT2D eigenvalue weighted by Gasteiger charge is -2.43. The van der Waals surface area contributed by atoms with E-state index in [4.69, 9.17) is 23.7 Å². The van der Waals surface area contributed by atoms with E-state index in [1.54, 1.807) is 0 Å². The van der Waals surface area contributed by atoms with Crippen molar-refractivity contribution in [2.75, 3.05) is 26.9 Å². The van der Waals surface area contributed by atoms with Gasteiger partial charge in [0.25, 0.3) is 0 Å². The minimum absolute atomic E-state index is 0.0245. The van der Waals surface area contributed by atoms with Crippen LogP contribution >= 0.6 is 22.6 Å². The van der Waals surface area contributed by atoms with Crippen molar-refractivity contribution < 1.29 is 58.5 Å². The molecule has 1 aliphatic heterocycles. The predicted molar refractivity (Wildman–Crippen MR) is 187 cm³/mol. The van der Waals surface area contributed by atoms with E-state index < -0.39 is 77.2 Å². The minimum atomic E-state index is -2.04. The number of phenols is 2. The summed E-state index contributed by atoms with van der Waals surface area (Å²) in [5.41, 5.74) is -1.14. The first-order chi connectivity index (χ1) is 23.8. The van der Waals surface area contributed by atoms with Gasteiger partial charge in [0, 0.05) is 53.4 Å². The maximum atomic E-state index is 14.0. The fourth-order valence-electron chi connectivity index (χ4n) is 6.84. The molecule has 1 amide bonds. The zero-order chi connectivity index (χ0) is 36.5. The molecule has 0 bridgehead atoms. The number of hydrazone groups is 1. The highest BCUT2D eigenvalue weighted by Crippen LogP contribution is 2.52. The number of hydrogen-bond acceptors (Lipinski definition) is 13. The molecule has 50 heavy (non-hydrogen) atoms. The van der Waals surface area contributed by atoms with Gasteiger partial charge in [0.1, 0.15) is 22.8 Å². The molecule has 0 saturated carbocycles. The molecule has 0 aromatic heterocycles. The van der Waals surface area contributed by atoms with Crippen LogP contribution in [0.5, 0.6) is 17.2 Å². The van der Waals surface area contributed by atoms with Gasteiger partial charge in [-0.2, -0.15) is 5.10 Å².